The van der Waals surface area contributed by atoms with E-state index in [0.717, 1.165) is 11.1 Å². The normalized spacial score (nSPS) is 12.0. The summed E-state index contributed by atoms with van der Waals surface area (Å²) in [4.78, 5) is 12.1. The van der Waals surface area contributed by atoms with Crippen LogP contribution < -0.4 is 5.32 Å². The van der Waals surface area contributed by atoms with E-state index in [9.17, 15) is 9.90 Å². The Balaban J connectivity index is 2.19. The minimum Gasteiger partial charge on any atom is -0.389 e. The van der Waals surface area contributed by atoms with Crippen LogP contribution in [0.25, 0.3) is 0 Å². The second-order valence-corrected chi connectivity index (χ2v) is 5.13. The van der Waals surface area contributed by atoms with Crippen molar-refractivity contribution in [1.29, 1.82) is 0 Å². The number of carbonyl (C=O) groups excluding carboxylic acids is 1. The van der Waals surface area contributed by atoms with Gasteiger partial charge in [0.25, 0.3) is 5.91 Å². The number of aryl methyl sites for hydroxylation is 1. The molecule has 0 fully saturated rings. The van der Waals surface area contributed by atoms with Crippen molar-refractivity contribution in [1.82, 2.24) is 0 Å². The Bertz CT molecular complexity index is 638. The molecule has 0 spiro atoms. The predicted molar refractivity (Wildman–Crippen MR) is 81.2 cm³/mol. The number of nitrogens with one attached hydrogen (secondary N) is 1. The smallest absolute Gasteiger partial charge is 0.255 e. The van der Waals surface area contributed by atoms with Crippen LogP contribution in [0.5, 0.6) is 0 Å². The van der Waals surface area contributed by atoms with Crippen LogP contribution in [0.1, 0.15) is 34.5 Å². The number of anilines is 1. The van der Waals surface area contributed by atoms with Gasteiger partial charge in [-0.05, 0) is 49.2 Å². The van der Waals surface area contributed by atoms with Crippen molar-refractivity contribution in [2.24, 2.45) is 0 Å². The molecule has 0 aliphatic heterocycles. The molecule has 0 heterocycles. The van der Waals surface area contributed by atoms with E-state index in [4.69, 9.17) is 11.6 Å². The third-order valence-corrected chi connectivity index (χ3v) is 3.47. The molecular formula is C16H16ClNO2. The minimum absolute atomic E-state index is 0.227. The maximum atomic E-state index is 12.1. The van der Waals surface area contributed by atoms with E-state index < -0.39 is 6.10 Å². The molecule has 2 N–H and O–H groups in total. The largest absolute Gasteiger partial charge is 0.389 e. The van der Waals surface area contributed by atoms with Crippen molar-refractivity contribution in [3.8, 4) is 0 Å². The Morgan fingerprint density at radius 1 is 1.25 bits per heavy atom. The van der Waals surface area contributed by atoms with E-state index >= 15 is 0 Å². The first-order chi connectivity index (χ1) is 9.47. The van der Waals surface area contributed by atoms with Gasteiger partial charge in [-0.2, -0.15) is 0 Å². The average Bonchev–Trinajstić information content (AvgIpc) is 2.42. The number of carbonyl (C=O) groups is 1. The van der Waals surface area contributed by atoms with E-state index in [2.05, 4.69) is 5.32 Å². The van der Waals surface area contributed by atoms with Crippen LogP contribution >= 0.6 is 11.6 Å². The molecule has 104 valence electrons. The van der Waals surface area contributed by atoms with Crippen molar-refractivity contribution in [2.75, 3.05) is 5.32 Å². The summed E-state index contributed by atoms with van der Waals surface area (Å²) in [5.74, 6) is -0.227. The summed E-state index contributed by atoms with van der Waals surface area (Å²) in [7, 11) is 0. The van der Waals surface area contributed by atoms with Gasteiger partial charge in [0, 0.05) is 16.3 Å². The van der Waals surface area contributed by atoms with Crippen molar-refractivity contribution in [3.05, 3.63) is 64.2 Å². The maximum absolute atomic E-state index is 12.1. The van der Waals surface area contributed by atoms with Gasteiger partial charge in [0.05, 0.1) is 6.10 Å². The molecule has 0 radical (unpaired) electrons. The average molecular weight is 290 g/mol. The lowest BCUT2D eigenvalue weighted by Crippen LogP contribution is -2.12. The Morgan fingerprint density at radius 2 is 2.00 bits per heavy atom. The van der Waals surface area contributed by atoms with Crippen LogP contribution in [0.2, 0.25) is 5.02 Å². The van der Waals surface area contributed by atoms with E-state index in [1.807, 2.05) is 19.1 Å². The highest BCUT2D eigenvalue weighted by molar-refractivity contribution is 6.31. The van der Waals surface area contributed by atoms with Gasteiger partial charge in [0.15, 0.2) is 0 Å². The van der Waals surface area contributed by atoms with Crippen LogP contribution in [-0.2, 0) is 0 Å². The number of aliphatic hydroxyl groups is 1. The molecule has 2 aromatic rings. The summed E-state index contributed by atoms with van der Waals surface area (Å²) >= 11 is 6.01. The van der Waals surface area contributed by atoms with Crippen molar-refractivity contribution in [3.63, 3.8) is 0 Å². The Morgan fingerprint density at radius 3 is 2.65 bits per heavy atom. The third kappa shape index (κ3) is 3.38. The lowest BCUT2D eigenvalue weighted by atomic mass is 10.1. The lowest BCUT2D eigenvalue weighted by molar-refractivity contribution is 0.102. The highest BCUT2D eigenvalue weighted by Crippen LogP contribution is 2.20. The van der Waals surface area contributed by atoms with Crippen molar-refractivity contribution in [2.45, 2.75) is 20.0 Å². The van der Waals surface area contributed by atoms with Gasteiger partial charge < -0.3 is 10.4 Å². The summed E-state index contributed by atoms with van der Waals surface area (Å²) in [5.41, 5.74) is 2.83. The Hall–Kier alpha value is -1.84. The fourth-order valence-electron chi connectivity index (χ4n) is 1.81. The first-order valence-electron chi connectivity index (χ1n) is 6.33. The SMILES string of the molecule is Cc1ccc(C(=O)Nc2cccc([C@H](C)O)c2)cc1Cl. The molecule has 0 saturated carbocycles. The molecule has 2 aromatic carbocycles. The monoisotopic (exact) mass is 289 g/mol. The molecule has 1 amide bonds. The summed E-state index contributed by atoms with van der Waals surface area (Å²) in [6.07, 6.45) is -0.569. The number of hydrogen-bond donors (Lipinski definition) is 2. The van der Waals surface area contributed by atoms with E-state index in [1.165, 1.54) is 0 Å². The van der Waals surface area contributed by atoms with Crippen LogP contribution in [0.3, 0.4) is 0 Å². The fourth-order valence-corrected chi connectivity index (χ4v) is 1.99. The summed E-state index contributed by atoms with van der Waals surface area (Å²) in [6.45, 7) is 3.57. The van der Waals surface area contributed by atoms with Gasteiger partial charge in [0.2, 0.25) is 0 Å². The number of rotatable bonds is 3. The second kappa shape index (κ2) is 6.07. The zero-order valence-electron chi connectivity index (χ0n) is 11.4. The molecule has 0 bridgehead atoms. The molecule has 0 aromatic heterocycles. The Kier molecular flexibility index (Phi) is 4.42. The number of amides is 1. The number of aliphatic hydroxyl groups excluding tert-OH is 1. The molecule has 0 aliphatic carbocycles. The molecule has 0 unspecified atom stereocenters. The van der Waals surface area contributed by atoms with Crippen molar-refractivity contribution >= 4 is 23.2 Å². The minimum atomic E-state index is -0.569. The van der Waals surface area contributed by atoms with E-state index in [1.54, 1.807) is 37.3 Å². The van der Waals surface area contributed by atoms with Crippen LogP contribution in [0, 0.1) is 6.92 Å². The van der Waals surface area contributed by atoms with Gasteiger partial charge in [0.1, 0.15) is 0 Å². The molecule has 1 atom stereocenters. The standard InChI is InChI=1S/C16H16ClNO2/c1-10-6-7-13(9-15(10)17)16(20)18-14-5-3-4-12(8-14)11(2)19/h3-9,11,19H,1-2H3,(H,18,20)/t11-/m0/s1. The second-order valence-electron chi connectivity index (χ2n) is 4.72. The molecule has 2 rings (SSSR count). The zero-order valence-corrected chi connectivity index (χ0v) is 12.1. The highest BCUT2D eigenvalue weighted by Gasteiger charge is 2.09. The van der Waals surface area contributed by atoms with Crippen LogP contribution in [0.4, 0.5) is 5.69 Å². The molecule has 0 saturated heterocycles. The Labute approximate surface area is 123 Å². The number of benzene rings is 2. The van der Waals surface area contributed by atoms with Gasteiger partial charge in [-0.15, -0.1) is 0 Å². The quantitative estimate of drug-likeness (QED) is 0.899. The maximum Gasteiger partial charge on any atom is 0.255 e. The predicted octanol–water partition coefficient (Wildman–Crippen LogP) is 3.95. The third-order valence-electron chi connectivity index (χ3n) is 3.06. The van der Waals surface area contributed by atoms with Gasteiger partial charge in [-0.1, -0.05) is 29.8 Å². The molecular weight excluding hydrogens is 274 g/mol. The molecule has 3 nitrogen and oxygen atoms in total. The first kappa shape index (κ1) is 14.6. The van der Waals surface area contributed by atoms with Gasteiger partial charge in [-0.3, -0.25) is 4.79 Å². The highest BCUT2D eigenvalue weighted by atomic mass is 35.5. The van der Waals surface area contributed by atoms with Crippen LogP contribution in [-0.4, -0.2) is 11.0 Å². The molecule has 0 aliphatic rings. The van der Waals surface area contributed by atoms with Crippen LogP contribution in [0.15, 0.2) is 42.5 Å². The lowest BCUT2D eigenvalue weighted by Gasteiger charge is -2.09. The first-order valence-corrected chi connectivity index (χ1v) is 6.70. The molecule has 20 heavy (non-hydrogen) atoms. The molecule has 4 heteroatoms. The number of halogens is 1. The zero-order chi connectivity index (χ0) is 14.7. The van der Waals surface area contributed by atoms with Crippen molar-refractivity contribution < 1.29 is 9.90 Å². The summed E-state index contributed by atoms with van der Waals surface area (Å²) < 4.78 is 0. The summed E-state index contributed by atoms with van der Waals surface area (Å²) in [6, 6.07) is 12.3. The van der Waals surface area contributed by atoms with E-state index in [-0.39, 0.29) is 5.91 Å². The summed E-state index contributed by atoms with van der Waals surface area (Å²) in [5, 5.41) is 12.9. The van der Waals surface area contributed by atoms with Gasteiger partial charge in [-0.25, -0.2) is 0 Å². The fraction of sp³-hybridized carbons (Fsp3) is 0.188. The van der Waals surface area contributed by atoms with Gasteiger partial charge >= 0.3 is 0 Å². The van der Waals surface area contributed by atoms with E-state index in [0.29, 0.717) is 16.3 Å². The topological polar surface area (TPSA) is 49.3 Å². The number of hydrogen-bond acceptors (Lipinski definition) is 2.